The number of fused-ring (bicyclic) bond motifs is 1. The molecule has 6 nitrogen and oxygen atoms in total. The number of hydrogen-bond donors (Lipinski definition) is 1. The molecule has 156 valence electrons. The largest absolute Gasteiger partial charge is 0.346 e. The number of nitrogens with one attached hydrogen (secondary N) is 1. The molecule has 0 bridgehead atoms. The number of benzene rings is 2. The molecule has 1 unspecified atom stereocenters. The van der Waals surface area contributed by atoms with Crippen LogP contribution in [-0.2, 0) is 11.3 Å². The number of carbonyl (C=O) groups excluding carboxylic acids is 1. The first-order valence-corrected chi connectivity index (χ1v) is 10.3. The van der Waals surface area contributed by atoms with Crippen LogP contribution in [-0.4, -0.2) is 20.7 Å². The van der Waals surface area contributed by atoms with Gasteiger partial charge in [0.2, 0.25) is 5.91 Å². The van der Waals surface area contributed by atoms with Crippen molar-refractivity contribution in [2.24, 2.45) is 0 Å². The van der Waals surface area contributed by atoms with Crippen LogP contribution in [0.2, 0.25) is 0 Å². The number of pyridine rings is 1. The van der Waals surface area contributed by atoms with Gasteiger partial charge in [-0.15, -0.1) is 0 Å². The van der Waals surface area contributed by atoms with E-state index in [4.69, 9.17) is 0 Å². The molecule has 4 aromatic rings. The van der Waals surface area contributed by atoms with E-state index in [9.17, 15) is 9.59 Å². The predicted octanol–water partition coefficient (Wildman–Crippen LogP) is 4.03. The van der Waals surface area contributed by atoms with Crippen molar-refractivity contribution >= 4 is 16.7 Å². The van der Waals surface area contributed by atoms with Gasteiger partial charge in [-0.3, -0.25) is 14.6 Å². The minimum absolute atomic E-state index is 0.161. The van der Waals surface area contributed by atoms with Gasteiger partial charge in [0.15, 0.2) is 0 Å². The lowest BCUT2D eigenvalue weighted by Gasteiger charge is -2.17. The van der Waals surface area contributed by atoms with Gasteiger partial charge in [0.25, 0.3) is 5.56 Å². The van der Waals surface area contributed by atoms with Crippen LogP contribution in [0.15, 0.2) is 77.6 Å². The van der Waals surface area contributed by atoms with Crippen molar-refractivity contribution in [3.05, 3.63) is 94.5 Å². The average molecular weight is 412 g/mol. The number of nitrogens with zero attached hydrogens (tertiary/aromatic N) is 3. The molecule has 2 aromatic carbocycles. The number of hydrogen-bond acceptors (Lipinski definition) is 4. The summed E-state index contributed by atoms with van der Waals surface area (Å²) >= 11 is 0. The highest BCUT2D eigenvalue weighted by molar-refractivity contribution is 5.93. The number of rotatable bonds is 6. The lowest BCUT2D eigenvalue weighted by Crippen LogP contribution is -2.36. The maximum absolute atomic E-state index is 13.0. The second-order valence-corrected chi connectivity index (χ2v) is 7.46. The van der Waals surface area contributed by atoms with Crippen molar-refractivity contribution in [2.45, 2.75) is 32.9 Å². The lowest BCUT2D eigenvalue weighted by molar-refractivity contribution is -0.122. The van der Waals surface area contributed by atoms with Crippen LogP contribution in [0.3, 0.4) is 0 Å². The fourth-order valence-electron chi connectivity index (χ4n) is 3.67. The highest BCUT2D eigenvalue weighted by atomic mass is 16.2. The molecule has 4 rings (SSSR count). The van der Waals surface area contributed by atoms with Crippen LogP contribution >= 0.6 is 0 Å². The first kappa shape index (κ1) is 20.5. The summed E-state index contributed by atoms with van der Waals surface area (Å²) in [6.45, 7) is 3.75. The second kappa shape index (κ2) is 8.92. The highest BCUT2D eigenvalue weighted by Gasteiger charge is 2.17. The summed E-state index contributed by atoms with van der Waals surface area (Å²) < 4.78 is 1.25. The van der Waals surface area contributed by atoms with Crippen LogP contribution in [0.1, 0.15) is 30.8 Å². The molecule has 2 heterocycles. The maximum atomic E-state index is 13.0. The summed E-state index contributed by atoms with van der Waals surface area (Å²) in [7, 11) is 0. The quantitative estimate of drug-likeness (QED) is 0.519. The fraction of sp³-hybridized carbons (Fsp3) is 0.200. The normalized spacial score (nSPS) is 11.9. The summed E-state index contributed by atoms with van der Waals surface area (Å²) in [4.78, 5) is 30.4. The molecule has 0 radical (unpaired) electrons. The molecule has 1 atom stereocenters. The van der Waals surface area contributed by atoms with E-state index in [1.807, 2.05) is 80.6 Å². The van der Waals surface area contributed by atoms with Crippen molar-refractivity contribution in [1.82, 2.24) is 20.1 Å². The van der Waals surface area contributed by atoms with Crippen molar-refractivity contribution in [2.75, 3.05) is 0 Å². The van der Waals surface area contributed by atoms with Gasteiger partial charge in [-0.05, 0) is 31.5 Å². The molecule has 0 saturated heterocycles. The van der Waals surface area contributed by atoms with E-state index in [0.717, 1.165) is 22.3 Å². The van der Waals surface area contributed by atoms with Gasteiger partial charge in [0.05, 0.1) is 22.8 Å². The molecular formula is C25H24N4O2. The number of aryl methyl sites for hydroxylation is 1. The lowest BCUT2D eigenvalue weighted by atomic mass is 10.1. The summed E-state index contributed by atoms with van der Waals surface area (Å²) in [6, 6.07) is 22.5. The Hall–Kier alpha value is -3.80. The Morgan fingerprint density at radius 2 is 1.68 bits per heavy atom. The average Bonchev–Trinajstić information content (AvgIpc) is 2.80. The van der Waals surface area contributed by atoms with E-state index in [1.165, 1.54) is 4.68 Å². The van der Waals surface area contributed by atoms with E-state index in [-0.39, 0.29) is 24.1 Å². The minimum Gasteiger partial charge on any atom is -0.346 e. The van der Waals surface area contributed by atoms with Crippen molar-refractivity contribution in [3.63, 3.8) is 0 Å². The number of carbonyl (C=O) groups is 1. The molecule has 1 N–H and O–H groups in total. The van der Waals surface area contributed by atoms with Crippen molar-refractivity contribution < 1.29 is 4.79 Å². The van der Waals surface area contributed by atoms with Crippen molar-refractivity contribution in [1.29, 1.82) is 0 Å². The second-order valence-electron chi connectivity index (χ2n) is 7.46. The van der Waals surface area contributed by atoms with Gasteiger partial charge in [-0.25, -0.2) is 4.68 Å². The zero-order valence-electron chi connectivity index (χ0n) is 17.6. The van der Waals surface area contributed by atoms with E-state index in [1.54, 1.807) is 6.07 Å². The third-order valence-electron chi connectivity index (χ3n) is 5.22. The monoisotopic (exact) mass is 412 g/mol. The zero-order valence-corrected chi connectivity index (χ0v) is 17.6. The Bertz CT molecular complexity index is 1280. The summed E-state index contributed by atoms with van der Waals surface area (Å²) in [6.07, 6.45) is 0.692. The third-order valence-corrected chi connectivity index (χ3v) is 5.22. The number of aromatic nitrogens is 3. The maximum Gasteiger partial charge on any atom is 0.275 e. The van der Waals surface area contributed by atoms with Gasteiger partial charge in [-0.1, -0.05) is 61.5 Å². The first-order chi connectivity index (χ1) is 15.1. The summed E-state index contributed by atoms with van der Waals surface area (Å²) in [5, 5.41) is 8.86. The smallest absolute Gasteiger partial charge is 0.275 e. The van der Waals surface area contributed by atoms with Crippen LogP contribution in [0.4, 0.5) is 0 Å². The van der Waals surface area contributed by atoms with Crippen LogP contribution in [0.5, 0.6) is 0 Å². The minimum atomic E-state index is -0.285. The van der Waals surface area contributed by atoms with E-state index in [0.29, 0.717) is 17.5 Å². The van der Waals surface area contributed by atoms with Gasteiger partial charge < -0.3 is 5.32 Å². The Labute approximate surface area is 180 Å². The third kappa shape index (κ3) is 4.38. The SMILES string of the molecule is CCC(NC(=O)Cn1nc(-c2ccccc2)c2ccccc2c1=O)c1cccc(C)n1. The van der Waals surface area contributed by atoms with Gasteiger partial charge >= 0.3 is 0 Å². The molecule has 31 heavy (non-hydrogen) atoms. The molecule has 0 aliphatic heterocycles. The van der Waals surface area contributed by atoms with E-state index in [2.05, 4.69) is 15.4 Å². The summed E-state index contributed by atoms with van der Waals surface area (Å²) in [5.74, 6) is -0.279. The molecule has 0 aliphatic carbocycles. The molecule has 2 aromatic heterocycles. The van der Waals surface area contributed by atoms with Crippen LogP contribution in [0, 0.1) is 6.92 Å². The molecular weight excluding hydrogens is 388 g/mol. The highest BCUT2D eigenvalue weighted by Crippen LogP contribution is 2.24. The molecule has 1 amide bonds. The standard InChI is InChI=1S/C25H24N4O2/c1-3-21(22-15-9-10-17(2)26-22)27-23(30)16-29-25(31)20-14-8-7-13-19(20)24(28-29)18-11-5-4-6-12-18/h4-15,21H,3,16H2,1-2H3,(H,27,30). The summed E-state index contributed by atoms with van der Waals surface area (Å²) in [5.41, 5.74) is 2.98. The van der Waals surface area contributed by atoms with Crippen molar-refractivity contribution in [3.8, 4) is 11.3 Å². The Kier molecular flexibility index (Phi) is 5.89. The molecule has 0 fully saturated rings. The predicted molar refractivity (Wildman–Crippen MR) is 122 cm³/mol. The zero-order chi connectivity index (χ0) is 21.8. The molecule has 6 heteroatoms. The first-order valence-electron chi connectivity index (χ1n) is 10.3. The van der Waals surface area contributed by atoms with E-state index < -0.39 is 0 Å². The Balaban J connectivity index is 1.67. The molecule has 0 saturated carbocycles. The van der Waals surface area contributed by atoms with Crippen LogP contribution < -0.4 is 10.9 Å². The fourth-order valence-corrected chi connectivity index (χ4v) is 3.67. The van der Waals surface area contributed by atoms with Gasteiger partial charge in [-0.2, -0.15) is 5.10 Å². The topological polar surface area (TPSA) is 76.9 Å². The van der Waals surface area contributed by atoms with Crippen LogP contribution in [0.25, 0.3) is 22.0 Å². The van der Waals surface area contributed by atoms with E-state index >= 15 is 0 Å². The number of amides is 1. The molecule has 0 aliphatic rings. The Morgan fingerprint density at radius 1 is 0.968 bits per heavy atom. The Morgan fingerprint density at radius 3 is 2.39 bits per heavy atom. The molecule has 0 spiro atoms. The van der Waals surface area contributed by atoms with Gasteiger partial charge in [0, 0.05) is 16.6 Å². The van der Waals surface area contributed by atoms with Gasteiger partial charge in [0.1, 0.15) is 6.54 Å².